The number of H-pyrrole nitrogens is 1. The van der Waals surface area contributed by atoms with Crippen LogP contribution in [-0.4, -0.2) is 35.1 Å². The number of aromatic amines is 1. The Kier molecular flexibility index (Phi) is 5.19. The zero-order valence-corrected chi connectivity index (χ0v) is 17.6. The minimum Gasteiger partial charge on any atom is -0.465 e. The number of pyridine rings is 1. The number of rotatable bonds is 4. The second-order valence-electron chi connectivity index (χ2n) is 7.57. The van der Waals surface area contributed by atoms with Crippen LogP contribution in [0.15, 0.2) is 42.5 Å². The second-order valence-corrected chi connectivity index (χ2v) is 7.57. The number of hydrogen-bond donors (Lipinski definition) is 1. The van der Waals surface area contributed by atoms with Crippen LogP contribution in [0.3, 0.4) is 0 Å². The fourth-order valence-corrected chi connectivity index (χ4v) is 3.49. The van der Waals surface area contributed by atoms with Crippen molar-refractivity contribution in [2.75, 3.05) is 7.11 Å². The lowest BCUT2D eigenvalue weighted by molar-refractivity contribution is 0.0377. The summed E-state index contributed by atoms with van der Waals surface area (Å²) >= 11 is 0. The molecule has 0 unspecified atom stereocenters. The lowest BCUT2D eigenvalue weighted by Crippen LogP contribution is -2.11. The third-order valence-electron chi connectivity index (χ3n) is 4.99. The lowest BCUT2D eigenvalue weighted by Gasteiger charge is -2.08. The van der Waals surface area contributed by atoms with E-state index in [9.17, 15) is 14.0 Å². The predicted octanol–water partition coefficient (Wildman–Crippen LogP) is 5.18. The molecular formula is C24H21FN2O4. The van der Waals surface area contributed by atoms with Crippen LogP contribution < -0.4 is 0 Å². The maximum Gasteiger partial charge on any atom is 0.340 e. The highest BCUT2D eigenvalue weighted by Crippen LogP contribution is 2.31. The van der Waals surface area contributed by atoms with Crippen LogP contribution in [0.1, 0.15) is 40.1 Å². The fraction of sp³-hybridized carbons (Fsp3) is 0.208. The van der Waals surface area contributed by atoms with Gasteiger partial charge in [-0.15, -0.1) is 0 Å². The van der Waals surface area contributed by atoms with Gasteiger partial charge in [0.05, 0.1) is 41.1 Å². The highest BCUT2D eigenvalue weighted by molar-refractivity contribution is 6.13. The molecule has 2 heterocycles. The molecule has 0 aliphatic carbocycles. The van der Waals surface area contributed by atoms with Gasteiger partial charge in [-0.05, 0) is 68.8 Å². The quantitative estimate of drug-likeness (QED) is 0.460. The molecule has 0 bridgehead atoms. The Balaban J connectivity index is 1.94. The first kappa shape index (κ1) is 20.5. The molecule has 0 fully saturated rings. The van der Waals surface area contributed by atoms with Gasteiger partial charge in [-0.25, -0.2) is 19.0 Å². The zero-order valence-electron chi connectivity index (χ0n) is 17.6. The van der Waals surface area contributed by atoms with Crippen molar-refractivity contribution in [2.45, 2.75) is 26.9 Å². The highest BCUT2D eigenvalue weighted by atomic mass is 19.1. The van der Waals surface area contributed by atoms with Crippen molar-refractivity contribution in [3.8, 4) is 11.3 Å². The number of nitrogens with zero attached hydrogens (tertiary/aromatic N) is 1. The number of ether oxygens (including phenoxy) is 2. The van der Waals surface area contributed by atoms with E-state index in [0.29, 0.717) is 44.5 Å². The summed E-state index contributed by atoms with van der Waals surface area (Å²) in [6.07, 6.45) is -0.236. The molecule has 0 aliphatic heterocycles. The highest BCUT2D eigenvalue weighted by Gasteiger charge is 2.20. The summed E-state index contributed by atoms with van der Waals surface area (Å²) < 4.78 is 24.0. The van der Waals surface area contributed by atoms with Crippen LogP contribution in [0, 0.1) is 12.7 Å². The summed E-state index contributed by atoms with van der Waals surface area (Å²) in [6.45, 7) is 5.23. The van der Waals surface area contributed by atoms with Gasteiger partial charge in [0.2, 0.25) is 0 Å². The van der Waals surface area contributed by atoms with Gasteiger partial charge < -0.3 is 14.5 Å². The average molecular weight is 420 g/mol. The van der Waals surface area contributed by atoms with E-state index in [1.165, 1.54) is 13.2 Å². The molecule has 6 nitrogen and oxygen atoms in total. The van der Waals surface area contributed by atoms with E-state index < -0.39 is 11.9 Å². The Labute approximate surface area is 178 Å². The van der Waals surface area contributed by atoms with E-state index in [2.05, 4.69) is 4.98 Å². The number of carbonyl (C=O) groups excluding carboxylic acids is 2. The number of hydrogen-bond acceptors (Lipinski definition) is 5. The van der Waals surface area contributed by atoms with Crippen molar-refractivity contribution in [2.24, 2.45) is 0 Å². The van der Waals surface area contributed by atoms with Gasteiger partial charge in [-0.1, -0.05) is 0 Å². The molecule has 0 aliphatic rings. The van der Waals surface area contributed by atoms with Crippen LogP contribution in [0.2, 0.25) is 0 Å². The molecule has 0 amide bonds. The van der Waals surface area contributed by atoms with Gasteiger partial charge in [0.15, 0.2) is 0 Å². The molecule has 4 aromatic rings. The third kappa shape index (κ3) is 3.74. The molecule has 0 saturated carbocycles. The SMILES string of the molecule is COC(=O)c1cc(-c2ccc(F)c(C)c2)nc2c1[nH]c1cc(C(=O)OC(C)C)ccc12. The maximum absolute atomic E-state index is 13.7. The van der Waals surface area contributed by atoms with Gasteiger partial charge >= 0.3 is 11.9 Å². The molecular weight excluding hydrogens is 399 g/mol. The fourth-order valence-electron chi connectivity index (χ4n) is 3.49. The first-order valence-corrected chi connectivity index (χ1v) is 9.80. The Morgan fingerprint density at radius 1 is 1.06 bits per heavy atom. The number of fused-ring (bicyclic) bond motifs is 3. The topological polar surface area (TPSA) is 81.3 Å². The van der Waals surface area contributed by atoms with Crippen LogP contribution in [-0.2, 0) is 9.47 Å². The van der Waals surface area contributed by atoms with Gasteiger partial charge in [0.1, 0.15) is 5.82 Å². The van der Waals surface area contributed by atoms with E-state index >= 15 is 0 Å². The number of halogens is 1. The van der Waals surface area contributed by atoms with Crippen LogP contribution >= 0.6 is 0 Å². The molecule has 0 spiro atoms. The van der Waals surface area contributed by atoms with Crippen LogP contribution in [0.4, 0.5) is 4.39 Å². The van der Waals surface area contributed by atoms with Crippen LogP contribution in [0.5, 0.6) is 0 Å². The predicted molar refractivity (Wildman–Crippen MR) is 116 cm³/mol. The largest absolute Gasteiger partial charge is 0.465 e. The second kappa shape index (κ2) is 7.83. The number of methoxy groups -OCH3 is 1. The summed E-state index contributed by atoms with van der Waals surface area (Å²) in [5.74, 6) is -1.27. The number of carbonyl (C=O) groups is 2. The minimum absolute atomic E-state index is 0.236. The standard InChI is InChI=1S/C24H21FN2O4/c1-12(2)31-23(28)15-5-7-16-20(10-15)27-22-17(24(29)30-4)11-19(26-21(16)22)14-6-8-18(25)13(3)9-14/h5-12,27H,1-4H3. The molecule has 4 rings (SSSR count). The van der Waals surface area contributed by atoms with Crippen molar-refractivity contribution in [3.63, 3.8) is 0 Å². The van der Waals surface area contributed by atoms with Crippen LogP contribution in [0.25, 0.3) is 33.2 Å². The Morgan fingerprint density at radius 2 is 1.84 bits per heavy atom. The first-order chi connectivity index (χ1) is 14.8. The molecule has 7 heteroatoms. The number of nitrogens with one attached hydrogen (secondary N) is 1. The number of aryl methyl sites for hydroxylation is 1. The summed E-state index contributed by atoms with van der Waals surface area (Å²) in [7, 11) is 1.30. The molecule has 158 valence electrons. The van der Waals surface area contributed by atoms with Gasteiger partial charge in [-0.2, -0.15) is 0 Å². The van der Waals surface area contributed by atoms with Gasteiger partial charge in [0, 0.05) is 16.5 Å². The summed E-state index contributed by atoms with van der Waals surface area (Å²) in [4.78, 5) is 32.7. The Bertz CT molecular complexity index is 1340. The van der Waals surface area contributed by atoms with E-state index in [1.807, 2.05) is 0 Å². The zero-order chi connectivity index (χ0) is 22.3. The maximum atomic E-state index is 13.7. The number of aromatic nitrogens is 2. The molecule has 2 aromatic heterocycles. The van der Waals surface area contributed by atoms with Crippen molar-refractivity contribution < 1.29 is 23.5 Å². The van der Waals surface area contributed by atoms with Crippen molar-refractivity contribution >= 4 is 33.9 Å². The van der Waals surface area contributed by atoms with Gasteiger partial charge in [-0.3, -0.25) is 0 Å². The summed E-state index contributed by atoms with van der Waals surface area (Å²) in [5.41, 5.74) is 4.05. The summed E-state index contributed by atoms with van der Waals surface area (Å²) in [5, 5.41) is 0.738. The lowest BCUT2D eigenvalue weighted by atomic mass is 10.0. The minimum atomic E-state index is -0.529. The number of benzene rings is 2. The van der Waals surface area contributed by atoms with Crippen molar-refractivity contribution in [1.29, 1.82) is 0 Å². The molecule has 0 atom stereocenters. The van der Waals surface area contributed by atoms with E-state index in [4.69, 9.17) is 14.5 Å². The van der Waals surface area contributed by atoms with E-state index in [1.54, 1.807) is 57.2 Å². The molecule has 1 N–H and O–H groups in total. The smallest absolute Gasteiger partial charge is 0.340 e. The molecule has 0 radical (unpaired) electrons. The van der Waals surface area contributed by atoms with Gasteiger partial charge in [0.25, 0.3) is 0 Å². The summed E-state index contributed by atoms with van der Waals surface area (Å²) in [6, 6.07) is 11.4. The third-order valence-corrected chi connectivity index (χ3v) is 4.99. The molecule has 2 aromatic carbocycles. The van der Waals surface area contributed by atoms with E-state index in [0.717, 1.165) is 5.39 Å². The van der Waals surface area contributed by atoms with E-state index in [-0.39, 0.29) is 11.9 Å². The average Bonchev–Trinajstić information content (AvgIpc) is 3.11. The van der Waals surface area contributed by atoms with Crippen molar-refractivity contribution in [3.05, 3.63) is 65.0 Å². The monoisotopic (exact) mass is 420 g/mol. The Hall–Kier alpha value is -3.74. The first-order valence-electron chi connectivity index (χ1n) is 9.80. The normalized spacial score (nSPS) is 11.3. The Morgan fingerprint density at radius 3 is 2.52 bits per heavy atom. The molecule has 0 saturated heterocycles. The van der Waals surface area contributed by atoms with Crippen molar-refractivity contribution in [1.82, 2.24) is 9.97 Å². The molecule has 31 heavy (non-hydrogen) atoms. The number of esters is 2.